The lowest BCUT2D eigenvalue weighted by Gasteiger charge is -2.37. The Balaban J connectivity index is 2.23. The molecule has 0 aromatic heterocycles. The van der Waals surface area contributed by atoms with E-state index in [1.54, 1.807) is 11.8 Å². The number of hydrogen-bond donors (Lipinski definition) is 1. The largest absolute Gasteiger partial charge is 0.480 e. The van der Waals surface area contributed by atoms with Crippen molar-refractivity contribution in [3.63, 3.8) is 0 Å². The van der Waals surface area contributed by atoms with E-state index in [1.807, 2.05) is 54.6 Å². The van der Waals surface area contributed by atoms with Crippen LogP contribution in [0.2, 0.25) is 0 Å². The highest BCUT2D eigenvalue weighted by Gasteiger charge is 2.40. The van der Waals surface area contributed by atoms with Crippen molar-refractivity contribution in [1.82, 2.24) is 0 Å². The molecule has 0 bridgehead atoms. The lowest BCUT2D eigenvalue weighted by molar-refractivity contribution is -0.136. The van der Waals surface area contributed by atoms with Crippen LogP contribution in [0.15, 0.2) is 91.0 Å². The zero-order chi connectivity index (χ0) is 19.8. The van der Waals surface area contributed by atoms with Crippen molar-refractivity contribution >= 4 is 17.7 Å². The third-order valence-corrected chi connectivity index (χ3v) is 6.74. The standard InChI is InChI=1S/C25H26O2S/c1-2-3-19-23(24(26)27)28-25(20-13-7-4-8-14-20,21-15-9-5-10-16-21)22-17-11-6-12-18-22/h4-18,23H,2-3,19H2,1H3,(H,26,27). The Kier molecular flexibility index (Phi) is 6.94. The maximum Gasteiger partial charge on any atom is 0.316 e. The van der Waals surface area contributed by atoms with Crippen molar-refractivity contribution in [2.24, 2.45) is 0 Å². The highest BCUT2D eigenvalue weighted by Crippen LogP contribution is 2.50. The Morgan fingerprint density at radius 3 is 1.54 bits per heavy atom. The van der Waals surface area contributed by atoms with E-state index in [0.29, 0.717) is 6.42 Å². The molecule has 0 aliphatic rings. The molecule has 0 amide bonds. The fourth-order valence-electron chi connectivity index (χ4n) is 3.56. The molecule has 1 N–H and O–H groups in total. The van der Waals surface area contributed by atoms with Gasteiger partial charge in [-0.1, -0.05) is 111 Å². The van der Waals surface area contributed by atoms with Crippen LogP contribution in [-0.4, -0.2) is 16.3 Å². The lowest BCUT2D eigenvalue weighted by Crippen LogP contribution is -2.31. The topological polar surface area (TPSA) is 37.3 Å². The van der Waals surface area contributed by atoms with Crippen molar-refractivity contribution < 1.29 is 9.90 Å². The minimum absolute atomic E-state index is 0.486. The van der Waals surface area contributed by atoms with Crippen LogP contribution in [0.25, 0.3) is 0 Å². The first kappa shape index (κ1) is 20.2. The van der Waals surface area contributed by atoms with Gasteiger partial charge in [0.2, 0.25) is 0 Å². The first-order chi connectivity index (χ1) is 13.7. The van der Waals surface area contributed by atoms with E-state index in [-0.39, 0.29) is 0 Å². The summed E-state index contributed by atoms with van der Waals surface area (Å²) >= 11 is 1.55. The molecule has 0 aliphatic carbocycles. The number of carboxylic acid groups (broad SMARTS) is 1. The van der Waals surface area contributed by atoms with Gasteiger partial charge < -0.3 is 5.11 Å². The maximum atomic E-state index is 12.2. The van der Waals surface area contributed by atoms with Gasteiger partial charge in [0.05, 0.1) is 4.75 Å². The Bertz CT molecular complexity index is 766. The number of carboxylic acids is 1. The summed E-state index contributed by atoms with van der Waals surface area (Å²) in [6, 6.07) is 30.8. The van der Waals surface area contributed by atoms with Gasteiger partial charge in [-0.15, -0.1) is 11.8 Å². The van der Waals surface area contributed by atoms with Crippen LogP contribution in [-0.2, 0) is 9.54 Å². The van der Waals surface area contributed by atoms with Gasteiger partial charge in [-0.2, -0.15) is 0 Å². The lowest BCUT2D eigenvalue weighted by atomic mass is 9.84. The van der Waals surface area contributed by atoms with E-state index >= 15 is 0 Å². The predicted octanol–water partition coefficient (Wildman–Crippen LogP) is 6.36. The summed E-state index contributed by atoms with van der Waals surface area (Å²) in [4.78, 5) is 12.2. The molecular weight excluding hydrogens is 364 g/mol. The van der Waals surface area contributed by atoms with Gasteiger partial charge in [0.1, 0.15) is 5.25 Å². The number of rotatable bonds is 9. The van der Waals surface area contributed by atoms with E-state index in [9.17, 15) is 9.90 Å². The predicted molar refractivity (Wildman–Crippen MR) is 118 cm³/mol. The molecule has 3 rings (SSSR count). The Morgan fingerprint density at radius 2 is 1.21 bits per heavy atom. The minimum atomic E-state index is -0.745. The van der Waals surface area contributed by atoms with E-state index in [4.69, 9.17) is 0 Å². The van der Waals surface area contributed by atoms with Crippen LogP contribution in [0.5, 0.6) is 0 Å². The zero-order valence-electron chi connectivity index (χ0n) is 16.1. The number of thioether (sulfide) groups is 1. The smallest absolute Gasteiger partial charge is 0.316 e. The Labute approximate surface area is 171 Å². The first-order valence-corrected chi connectivity index (χ1v) is 10.6. The highest BCUT2D eigenvalue weighted by molar-refractivity contribution is 8.01. The van der Waals surface area contributed by atoms with Gasteiger partial charge >= 0.3 is 5.97 Å². The summed E-state index contributed by atoms with van der Waals surface area (Å²) in [5.74, 6) is -0.745. The molecule has 0 aliphatic heterocycles. The van der Waals surface area contributed by atoms with Crippen molar-refractivity contribution in [3.8, 4) is 0 Å². The molecule has 3 aromatic rings. The molecule has 144 valence electrons. The molecule has 0 fully saturated rings. The number of carbonyl (C=O) groups is 1. The van der Waals surface area contributed by atoms with E-state index < -0.39 is 16.0 Å². The molecule has 0 saturated heterocycles. The van der Waals surface area contributed by atoms with Crippen molar-refractivity contribution in [2.45, 2.75) is 36.2 Å². The molecule has 3 aromatic carbocycles. The zero-order valence-corrected chi connectivity index (χ0v) is 16.9. The van der Waals surface area contributed by atoms with E-state index in [1.165, 1.54) is 0 Å². The van der Waals surface area contributed by atoms with Crippen LogP contribution in [0, 0.1) is 0 Å². The third kappa shape index (κ3) is 4.31. The van der Waals surface area contributed by atoms with Gasteiger partial charge in [-0.3, -0.25) is 4.79 Å². The average molecular weight is 391 g/mol. The summed E-state index contributed by atoms with van der Waals surface area (Å²) in [6.45, 7) is 2.10. The number of benzene rings is 3. The van der Waals surface area contributed by atoms with Crippen LogP contribution in [0.1, 0.15) is 42.9 Å². The molecule has 1 unspecified atom stereocenters. The molecule has 28 heavy (non-hydrogen) atoms. The number of unbranched alkanes of at least 4 members (excludes halogenated alkanes) is 1. The monoisotopic (exact) mass is 390 g/mol. The summed E-state index contributed by atoms with van der Waals surface area (Å²) < 4.78 is -0.583. The van der Waals surface area contributed by atoms with Crippen molar-refractivity contribution in [3.05, 3.63) is 108 Å². The van der Waals surface area contributed by atoms with Crippen LogP contribution in [0.3, 0.4) is 0 Å². The van der Waals surface area contributed by atoms with Crippen LogP contribution < -0.4 is 0 Å². The number of aliphatic carboxylic acids is 1. The Morgan fingerprint density at radius 1 is 0.821 bits per heavy atom. The Hall–Kier alpha value is -2.52. The normalized spacial score (nSPS) is 12.5. The van der Waals surface area contributed by atoms with Gasteiger partial charge in [-0.05, 0) is 23.1 Å². The molecule has 0 radical (unpaired) electrons. The fourth-order valence-corrected chi connectivity index (χ4v) is 5.19. The van der Waals surface area contributed by atoms with Gasteiger partial charge in [0, 0.05) is 0 Å². The molecule has 1 atom stereocenters. The van der Waals surface area contributed by atoms with Gasteiger partial charge in [-0.25, -0.2) is 0 Å². The number of hydrogen-bond acceptors (Lipinski definition) is 2. The quantitative estimate of drug-likeness (QED) is 0.432. The summed E-state index contributed by atoms with van der Waals surface area (Å²) in [5, 5.41) is 9.50. The maximum absolute atomic E-state index is 12.2. The fraction of sp³-hybridized carbons (Fsp3) is 0.240. The van der Waals surface area contributed by atoms with E-state index in [0.717, 1.165) is 29.5 Å². The van der Waals surface area contributed by atoms with Crippen LogP contribution >= 0.6 is 11.8 Å². The molecule has 3 heteroatoms. The van der Waals surface area contributed by atoms with Crippen LogP contribution in [0.4, 0.5) is 0 Å². The minimum Gasteiger partial charge on any atom is -0.480 e. The summed E-state index contributed by atoms with van der Waals surface area (Å²) in [6.07, 6.45) is 2.54. The molecule has 2 nitrogen and oxygen atoms in total. The van der Waals surface area contributed by atoms with Crippen molar-refractivity contribution in [2.75, 3.05) is 0 Å². The molecule has 0 heterocycles. The SMILES string of the molecule is CCCCC(SC(c1ccccc1)(c1ccccc1)c1ccccc1)C(=O)O. The van der Waals surface area contributed by atoms with Gasteiger partial charge in [0.25, 0.3) is 0 Å². The second kappa shape index (κ2) is 9.61. The second-order valence-corrected chi connectivity index (χ2v) is 8.28. The van der Waals surface area contributed by atoms with Crippen molar-refractivity contribution in [1.29, 1.82) is 0 Å². The highest BCUT2D eigenvalue weighted by atomic mass is 32.2. The summed E-state index contributed by atoms with van der Waals surface area (Å²) in [7, 11) is 0. The molecule has 0 saturated carbocycles. The second-order valence-electron chi connectivity index (χ2n) is 6.87. The first-order valence-electron chi connectivity index (χ1n) is 9.75. The van der Waals surface area contributed by atoms with Gasteiger partial charge in [0.15, 0.2) is 0 Å². The average Bonchev–Trinajstić information content (AvgIpc) is 2.76. The molecular formula is C25H26O2S. The third-order valence-electron chi connectivity index (χ3n) is 4.96. The molecule has 0 spiro atoms. The summed E-state index contributed by atoms with van der Waals surface area (Å²) in [5.41, 5.74) is 3.29. The van der Waals surface area contributed by atoms with E-state index in [2.05, 4.69) is 43.3 Å².